The van der Waals surface area contributed by atoms with Crippen molar-refractivity contribution in [1.82, 2.24) is 10.6 Å². The van der Waals surface area contributed by atoms with E-state index >= 15 is 0 Å². The normalized spacial score (nSPS) is 18.6. The molecule has 2 rings (SSSR count). The number of hydrogen-bond acceptors (Lipinski definition) is 2. The molecule has 2 amide bonds. The fraction of sp³-hybridized carbons (Fsp3) is 0.333. The van der Waals surface area contributed by atoms with Gasteiger partial charge in [-0.05, 0) is 24.6 Å². The van der Waals surface area contributed by atoms with E-state index in [4.69, 9.17) is 0 Å². The van der Waals surface area contributed by atoms with Crippen molar-refractivity contribution < 1.29 is 14.0 Å². The fourth-order valence-electron chi connectivity index (χ4n) is 1.81. The maximum absolute atomic E-state index is 13.4. The molecule has 18 heavy (non-hydrogen) atoms. The Labute approximate surface area is 112 Å². The summed E-state index contributed by atoms with van der Waals surface area (Å²) in [6.07, 6.45) is 1.17. The molecular formula is C12H12BrFN2O2. The molecular weight excluding hydrogens is 303 g/mol. The highest BCUT2D eigenvalue weighted by atomic mass is 79.9. The van der Waals surface area contributed by atoms with Crippen LogP contribution in [-0.4, -0.2) is 24.4 Å². The monoisotopic (exact) mass is 314 g/mol. The Balaban J connectivity index is 1.95. The van der Waals surface area contributed by atoms with Crippen LogP contribution in [-0.2, 0) is 4.79 Å². The van der Waals surface area contributed by atoms with E-state index < -0.39 is 11.7 Å². The van der Waals surface area contributed by atoms with Gasteiger partial charge in [-0.25, -0.2) is 4.39 Å². The van der Waals surface area contributed by atoms with Crippen LogP contribution >= 0.6 is 15.9 Å². The molecule has 1 aliphatic heterocycles. The zero-order valence-electron chi connectivity index (χ0n) is 9.50. The van der Waals surface area contributed by atoms with Gasteiger partial charge in [0.25, 0.3) is 5.91 Å². The minimum absolute atomic E-state index is 0.00583. The molecule has 1 aromatic carbocycles. The molecule has 6 heteroatoms. The maximum Gasteiger partial charge on any atom is 0.254 e. The van der Waals surface area contributed by atoms with Crippen LogP contribution in [0, 0.1) is 5.82 Å². The summed E-state index contributed by atoms with van der Waals surface area (Å²) in [6, 6.07) is 4.13. The van der Waals surface area contributed by atoms with Crippen LogP contribution in [0.5, 0.6) is 0 Å². The topological polar surface area (TPSA) is 58.2 Å². The van der Waals surface area contributed by atoms with E-state index in [1.165, 1.54) is 18.2 Å². The van der Waals surface area contributed by atoms with Crippen LogP contribution in [0.3, 0.4) is 0 Å². The van der Waals surface area contributed by atoms with E-state index in [0.717, 1.165) is 0 Å². The summed E-state index contributed by atoms with van der Waals surface area (Å²) in [6.45, 7) is 0.316. The minimum Gasteiger partial charge on any atom is -0.352 e. The van der Waals surface area contributed by atoms with Crippen LogP contribution in [0.1, 0.15) is 23.2 Å². The molecule has 4 nitrogen and oxygen atoms in total. The van der Waals surface area contributed by atoms with Gasteiger partial charge in [0.2, 0.25) is 5.91 Å². The van der Waals surface area contributed by atoms with Crippen molar-refractivity contribution in [2.75, 3.05) is 6.54 Å². The number of halogens is 2. The van der Waals surface area contributed by atoms with Gasteiger partial charge < -0.3 is 10.6 Å². The van der Waals surface area contributed by atoms with Gasteiger partial charge in [-0.15, -0.1) is 0 Å². The van der Waals surface area contributed by atoms with E-state index in [1.54, 1.807) is 0 Å². The maximum atomic E-state index is 13.4. The molecule has 0 aromatic heterocycles. The van der Waals surface area contributed by atoms with Crippen molar-refractivity contribution in [3.05, 3.63) is 34.1 Å². The molecule has 1 aromatic rings. The van der Waals surface area contributed by atoms with Gasteiger partial charge in [0.15, 0.2) is 0 Å². The third kappa shape index (κ3) is 3.07. The molecule has 0 bridgehead atoms. The lowest BCUT2D eigenvalue weighted by Crippen LogP contribution is -2.38. The Bertz CT molecular complexity index is 493. The molecule has 1 fully saturated rings. The lowest BCUT2D eigenvalue weighted by Gasteiger charge is -2.11. The summed E-state index contributed by atoms with van der Waals surface area (Å²) in [5.74, 6) is -1.05. The van der Waals surface area contributed by atoms with E-state index in [-0.39, 0.29) is 17.5 Å². The van der Waals surface area contributed by atoms with Gasteiger partial charge in [0.1, 0.15) is 5.82 Å². The van der Waals surface area contributed by atoms with Gasteiger partial charge in [-0.1, -0.05) is 15.9 Å². The highest BCUT2D eigenvalue weighted by Crippen LogP contribution is 2.15. The van der Waals surface area contributed by atoms with Crippen molar-refractivity contribution in [1.29, 1.82) is 0 Å². The number of benzene rings is 1. The number of amides is 2. The van der Waals surface area contributed by atoms with Gasteiger partial charge in [0, 0.05) is 23.5 Å². The predicted octanol–water partition coefficient (Wildman–Crippen LogP) is 1.60. The fourth-order valence-corrected chi connectivity index (χ4v) is 2.17. The average molecular weight is 315 g/mol. The molecule has 96 valence electrons. The zero-order valence-corrected chi connectivity index (χ0v) is 11.1. The lowest BCUT2D eigenvalue weighted by molar-refractivity contribution is -0.119. The first-order valence-corrected chi connectivity index (χ1v) is 6.38. The minimum atomic E-state index is -0.564. The van der Waals surface area contributed by atoms with Gasteiger partial charge in [0.05, 0.1) is 5.56 Å². The second-order valence-corrected chi connectivity index (χ2v) is 5.05. The Kier molecular flexibility index (Phi) is 3.96. The molecule has 1 aliphatic rings. The first kappa shape index (κ1) is 13.0. The molecule has 2 N–H and O–H groups in total. The van der Waals surface area contributed by atoms with Crippen LogP contribution in [0.2, 0.25) is 0 Å². The number of nitrogens with one attached hydrogen (secondary N) is 2. The summed E-state index contributed by atoms with van der Waals surface area (Å²) in [5, 5.41) is 5.35. The van der Waals surface area contributed by atoms with Crippen molar-refractivity contribution >= 4 is 27.7 Å². The third-order valence-electron chi connectivity index (χ3n) is 2.77. The molecule has 0 saturated carbocycles. The van der Waals surface area contributed by atoms with E-state index in [1.807, 2.05) is 0 Å². The van der Waals surface area contributed by atoms with Crippen LogP contribution in [0.4, 0.5) is 4.39 Å². The lowest BCUT2D eigenvalue weighted by atomic mass is 10.2. The molecule has 1 saturated heterocycles. The van der Waals surface area contributed by atoms with Crippen molar-refractivity contribution in [3.8, 4) is 0 Å². The SMILES string of the molecule is O=C1CCC(CNC(=O)c2cc(Br)ccc2F)N1. The molecule has 1 unspecified atom stereocenters. The Morgan fingerprint density at radius 3 is 3.00 bits per heavy atom. The van der Waals surface area contributed by atoms with E-state index in [9.17, 15) is 14.0 Å². The predicted molar refractivity (Wildman–Crippen MR) is 67.6 cm³/mol. The molecule has 0 spiro atoms. The number of rotatable bonds is 3. The molecule has 0 aliphatic carbocycles. The summed E-state index contributed by atoms with van der Waals surface area (Å²) >= 11 is 3.19. The second kappa shape index (κ2) is 5.48. The first-order valence-electron chi connectivity index (χ1n) is 5.59. The summed E-state index contributed by atoms with van der Waals surface area (Å²) in [7, 11) is 0. The quantitative estimate of drug-likeness (QED) is 0.890. The zero-order chi connectivity index (χ0) is 13.1. The Morgan fingerprint density at radius 2 is 2.33 bits per heavy atom. The average Bonchev–Trinajstić information content (AvgIpc) is 2.75. The van der Waals surface area contributed by atoms with Crippen molar-refractivity contribution in [2.24, 2.45) is 0 Å². The van der Waals surface area contributed by atoms with Gasteiger partial charge in [-0.2, -0.15) is 0 Å². The molecule has 1 atom stereocenters. The number of hydrogen-bond donors (Lipinski definition) is 2. The first-order chi connectivity index (χ1) is 8.56. The highest BCUT2D eigenvalue weighted by Gasteiger charge is 2.21. The number of carbonyl (C=O) groups excluding carboxylic acids is 2. The largest absolute Gasteiger partial charge is 0.352 e. The van der Waals surface area contributed by atoms with Crippen molar-refractivity contribution in [2.45, 2.75) is 18.9 Å². The van der Waals surface area contributed by atoms with Crippen LogP contribution < -0.4 is 10.6 Å². The molecule has 0 radical (unpaired) electrons. The smallest absolute Gasteiger partial charge is 0.254 e. The third-order valence-corrected chi connectivity index (χ3v) is 3.26. The highest BCUT2D eigenvalue weighted by molar-refractivity contribution is 9.10. The van der Waals surface area contributed by atoms with Crippen LogP contribution in [0.25, 0.3) is 0 Å². The van der Waals surface area contributed by atoms with Gasteiger partial charge >= 0.3 is 0 Å². The van der Waals surface area contributed by atoms with E-state index in [0.29, 0.717) is 23.9 Å². The second-order valence-electron chi connectivity index (χ2n) is 4.14. The standard InChI is InChI=1S/C12H12BrFN2O2/c13-7-1-3-10(14)9(5-7)12(18)15-6-8-2-4-11(17)16-8/h1,3,5,8H,2,4,6H2,(H,15,18)(H,16,17). The van der Waals surface area contributed by atoms with Crippen molar-refractivity contribution in [3.63, 3.8) is 0 Å². The van der Waals surface area contributed by atoms with Crippen LogP contribution in [0.15, 0.2) is 22.7 Å². The summed E-state index contributed by atoms with van der Waals surface area (Å²) < 4.78 is 14.1. The Hall–Kier alpha value is -1.43. The summed E-state index contributed by atoms with van der Waals surface area (Å²) in [4.78, 5) is 22.7. The van der Waals surface area contributed by atoms with E-state index in [2.05, 4.69) is 26.6 Å². The Morgan fingerprint density at radius 1 is 1.56 bits per heavy atom. The number of carbonyl (C=O) groups is 2. The van der Waals surface area contributed by atoms with Gasteiger partial charge in [-0.3, -0.25) is 9.59 Å². The summed E-state index contributed by atoms with van der Waals surface area (Å²) in [5.41, 5.74) is -0.00583. The molecule has 1 heterocycles.